The van der Waals surface area contributed by atoms with E-state index in [-0.39, 0.29) is 11.4 Å². The van der Waals surface area contributed by atoms with Gasteiger partial charge in [-0.3, -0.25) is 0 Å². The Bertz CT molecular complexity index is 607. The minimum atomic E-state index is -0.420. The van der Waals surface area contributed by atoms with E-state index in [9.17, 15) is 4.39 Å². The first kappa shape index (κ1) is 12.4. The standard InChI is InChI=1S/C14H9ClFNO/c15-8-11-12(16)5-3-7-14(11)18-13-6-2-1-4-10(13)9-17/h1-7H,8H2. The van der Waals surface area contributed by atoms with E-state index in [1.54, 1.807) is 30.3 Å². The van der Waals surface area contributed by atoms with Crippen LogP contribution in [0.5, 0.6) is 11.5 Å². The van der Waals surface area contributed by atoms with Crippen molar-refractivity contribution in [3.05, 3.63) is 59.4 Å². The van der Waals surface area contributed by atoms with Crippen LogP contribution in [0, 0.1) is 17.1 Å². The molecule has 2 aromatic carbocycles. The molecule has 0 radical (unpaired) electrons. The highest BCUT2D eigenvalue weighted by molar-refractivity contribution is 6.17. The summed E-state index contributed by atoms with van der Waals surface area (Å²) in [5, 5.41) is 8.95. The van der Waals surface area contributed by atoms with Gasteiger partial charge in [-0.05, 0) is 24.3 Å². The van der Waals surface area contributed by atoms with Crippen LogP contribution in [-0.4, -0.2) is 0 Å². The Morgan fingerprint density at radius 3 is 2.56 bits per heavy atom. The number of halogens is 2. The lowest BCUT2D eigenvalue weighted by Crippen LogP contribution is -1.94. The molecule has 0 N–H and O–H groups in total. The highest BCUT2D eigenvalue weighted by Gasteiger charge is 2.11. The number of ether oxygens (including phenoxy) is 1. The highest BCUT2D eigenvalue weighted by atomic mass is 35.5. The predicted octanol–water partition coefficient (Wildman–Crippen LogP) is 4.23. The molecule has 0 fully saturated rings. The molecule has 0 aromatic heterocycles. The van der Waals surface area contributed by atoms with E-state index < -0.39 is 5.82 Å². The summed E-state index contributed by atoms with van der Waals surface area (Å²) in [5.41, 5.74) is 0.675. The Morgan fingerprint density at radius 1 is 1.11 bits per heavy atom. The van der Waals surface area contributed by atoms with Gasteiger partial charge in [0.25, 0.3) is 0 Å². The van der Waals surface area contributed by atoms with Crippen LogP contribution in [-0.2, 0) is 5.88 Å². The largest absolute Gasteiger partial charge is 0.456 e. The molecule has 0 aliphatic carbocycles. The van der Waals surface area contributed by atoms with Crippen molar-refractivity contribution in [2.45, 2.75) is 5.88 Å². The molecule has 2 rings (SSSR count). The van der Waals surface area contributed by atoms with Crippen molar-refractivity contribution >= 4 is 11.6 Å². The van der Waals surface area contributed by atoms with E-state index in [2.05, 4.69) is 0 Å². The molecule has 2 aromatic rings. The van der Waals surface area contributed by atoms with Gasteiger partial charge in [0.2, 0.25) is 0 Å². The van der Waals surface area contributed by atoms with Crippen LogP contribution in [0.4, 0.5) is 4.39 Å². The lowest BCUT2D eigenvalue weighted by molar-refractivity contribution is 0.469. The summed E-state index contributed by atoms with van der Waals surface area (Å²) in [4.78, 5) is 0. The second-order valence-electron chi connectivity index (χ2n) is 3.56. The van der Waals surface area contributed by atoms with Gasteiger partial charge in [0.05, 0.1) is 11.4 Å². The zero-order chi connectivity index (χ0) is 13.0. The summed E-state index contributed by atoms with van der Waals surface area (Å²) in [6, 6.07) is 13.3. The fourth-order valence-electron chi connectivity index (χ4n) is 1.53. The molecule has 0 heterocycles. The fourth-order valence-corrected chi connectivity index (χ4v) is 1.79. The molecule has 2 nitrogen and oxygen atoms in total. The van der Waals surface area contributed by atoms with E-state index in [0.717, 1.165) is 0 Å². The summed E-state index contributed by atoms with van der Waals surface area (Å²) in [6.07, 6.45) is 0. The van der Waals surface area contributed by atoms with Crippen LogP contribution < -0.4 is 4.74 Å². The van der Waals surface area contributed by atoms with Gasteiger partial charge in [-0.2, -0.15) is 5.26 Å². The van der Waals surface area contributed by atoms with Crippen LogP contribution in [0.2, 0.25) is 0 Å². The third-order valence-corrected chi connectivity index (χ3v) is 2.70. The number of hydrogen-bond donors (Lipinski definition) is 0. The van der Waals surface area contributed by atoms with Gasteiger partial charge >= 0.3 is 0 Å². The topological polar surface area (TPSA) is 33.0 Å². The maximum absolute atomic E-state index is 13.5. The second kappa shape index (κ2) is 5.52. The third kappa shape index (κ3) is 2.44. The highest BCUT2D eigenvalue weighted by Crippen LogP contribution is 2.30. The van der Waals surface area contributed by atoms with Gasteiger partial charge in [-0.25, -0.2) is 4.39 Å². The number of hydrogen-bond acceptors (Lipinski definition) is 2. The van der Waals surface area contributed by atoms with E-state index in [4.69, 9.17) is 21.6 Å². The van der Waals surface area contributed by atoms with Crippen LogP contribution in [0.1, 0.15) is 11.1 Å². The van der Waals surface area contributed by atoms with Crippen LogP contribution in [0.15, 0.2) is 42.5 Å². The molecule has 0 bridgehead atoms. The smallest absolute Gasteiger partial charge is 0.145 e. The monoisotopic (exact) mass is 261 g/mol. The van der Waals surface area contributed by atoms with Crippen molar-refractivity contribution in [3.63, 3.8) is 0 Å². The van der Waals surface area contributed by atoms with Gasteiger partial charge < -0.3 is 4.74 Å². The first-order valence-corrected chi connectivity index (χ1v) is 5.80. The van der Waals surface area contributed by atoms with Gasteiger partial charge in [0.1, 0.15) is 23.4 Å². The number of nitriles is 1. The van der Waals surface area contributed by atoms with Crippen molar-refractivity contribution in [1.82, 2.24) is 0 Å². The molecular weight excluding hydrogens is 253 g/mol. The maximum Gasteiger partial charge on any atom is 0.145 e. The minimum Gasteiger partial charge on any atom is -0.456 e. The van der Waals surface area contributed by atoms with Crippen molar-refractivity contribution in [2.24, 2.45) is 0 Å². The molecule has 0 aliphatic rings. The van der Waals surface area contributed by atoms with Gasteiger partial charge in [0.15, 0.2) is 0 Å². The first-order valence-electron chi connectivity index (χ1n) is 5.26. The molecule has 0 saturated heterocycles. The van der Waals surface area contributed by atoms with Gasteiger partial charge in [-0.15, -0.1) is 11.6 Å². The van der Waals surface area contributed by atoms with E-state index in [1.165, 1.54) is 12.1 Å². The number of para-hydroxylation sites is 1. The van der Waals surface area contributed by atoms with Crippen molar-refractivity contribution in [3.8, 4) is 17.6 Å². The minimum absolute atomic E-state index is 0.0106. The Balaban J connectivity index is 2.41. The van der Waals surface area contributed by atoms with E-state index >= 15 is 0 Å². The fraction of sp³-hybridized carbons (Fsp3) is 0.0714. The molecule has 0 spiro atoms. The Kier molecular flexibility index (Phi) is 3.81. The van der Waals surface area contributed by atoms with Crippen molar-refractivity contribution in [2.75, 3.05) is 0 Å². The Labute approximate surface area is 109 Å². The van der Waals surface area contributed by atoms with Crippen molar-refractivity contribution < 1.29 is 9.13 Å². The summed E-state index contributed by atoms with van der Waals surface area (Å²) in [6.45, 7) is 0. The summed E-state index contributed by atoms with van der Waals surface area (Å²) in [7, 11) is 0. The number of nitrogens with zero attached hydrogens (tertiary/aromatic N) is 1. The summed E-state index contributed by atoms with van der Waals surface area (Å²) in [5.74, 6) is 0.304. The normalized spacial score (nSPS) is 9.83. The quantitative estimate of drug-likeness (QED) is 0.775. The number of rotatable bonds is 3. The SMILES string of the molecule is N#Cc1ccccc1Oc1cccc(F)c1CCl. The summed E-state index contributed by atoms with van der Waals surface area (Å²) < 4.78 is 19.1. The number of benzene rings is 2. The first-order chi connectivity index (χ1) is 8.76. The molecule has 0 amide bonds. The lowest BCUT2D eigenvalue weighted by atomic mass is 10.2. The lowest BCUT2D eigenvalue weighted by Gasteiger charge is -2.11. The van der Waals surface area contributed by atoms with E-state index in [1.807, 2.05) is 6.07 Å². The molecule has 4 heteroatoms. The Morgan fingerprint density at radius 2 is 1.83 bits per heavy atom. The van der Waals surface area contributed by atoms with Crippen molar-refractivity contribution in [1.29, 1.82) is 5.26 Å². The van der Waals surface area contributed by atoms with Crippen LogP contribution in [0.3, 0.4) is 0 Å². The zero-order valence-corrected chi connectivity index (χ0v) is 10.1. The third-order valence-electron chi connectivity index (χ3n) is 2.44. The van der Waals surface area contributed by atoms with Gasteiger partial charge in [-0.1, -0.05) is 18.2 Å². The average Bonchev–Trinajstić information content (AvgIpc) is 2.40. The Hall–Kier alpha value is -2.05. The number of alkyl halides is 1. The van der Waals surface area contributed by atoms with E-state index in [0.29, 0.717) is 17.1 Å². The molecule has 0 saturated carbocycles. The summed E-state index contributed by atoms with van der Waals surface area (Å²) >= 11 is 5.69. The molecule has 18 heavy (non-hydrogen) atoms. The second-order valence-corrected chi connectivity index (χ2v) is 3.83. The van der Waals surface area contributed by atoms with Crippen LogP contribution in [0.25, 0.3) is 0 Å². The zero-order valence-electron chi connectivity index (χ0n) is 9.36. The van der Waals surface area contributed by atoms with Gasteiger partial charge in [0, 0.05) is 5.56 Å². The molecule has 90 valence electrons. The average molecular weight is 262 g/mol. The predicted molar refractivity (Wildman–Crippen MR) is 67.2 cm³/mol. The molecule has 0 unspecified atom stereocenters. The molecule has 0 atom stereocenters. The molecular formula is C14H9ClFNO. The van der Waals surface area contributed by atoms with Crippen LogP contribution >= 0.6 is 11.6 Å². The maximum atomic E-state index is 13.5. The molecule has 0 aliphatic heterocycles.